The first-order valence-electron chi connectivity index (χ1n) is 7.82. The summed E-state index contributed by atoms with van der Waals surface area (Å²) in [6, 6.07) is 0. The highest BCUT2D eigenvalue weighted by atomic mass is 16.5. The molecular formula is C15H23N5O3. The van der Waals surface area contributed by atoms with Crippen LogP contribution in [0.2, 0.25) is 0 Å². The molecule has 23 heavy (non-hydrogen) atoms. The Morgan fingerprint density at radius 1 is 1.22 bits per heavy atom. The number of aryl methyl sites for hydroxylation is 1. The van der Waals surface area contributed by atoms with E-state index in [1.54, 1.807) is 6.92 Å². The Morgan fingerprint density at radius 2 is 2.00 bits per heavy atom. The van der Waals surface area contributed by atoms with Crippen molar-refractivity contribution in [1.29, 1.82) is 0 Å². The normalized spacial score (nSPS) is 23.3. The zero-order valence-electron chi connectivity index (χ0n) is 14.2. The minimum Gasteiger partial charge on any atom is -0.423 e. The van der Waals surface area contributed by atoms with Crippen LogP contribution in [0.1, 0.15) is 57.3 Å². The summed E-state index contributed by atoms with van der Waals surface area (Å²) in [5.41, 5.74) is -0.145. The minimum absolute atomic E-state index is 0.0648. The summed E-state index contributed by atoms with van der Waals surface area (Å²) in [7, 11) is 0. The van der Waals surface area contributed by atoms with Crippen LogP contribution in [0.4, 0.5) is 0 Å². The fourth-order valence-electron chi connectivity index (χ4n) is 2.57. The topological polar surface area (TPSA) is 90.3 Å². The van der Waals surface area contributed by atoms with Crippen LogP contribution in [0.25, 0.3) is 0 Å². The van der Waals surface area contributed by atoms with E-state index in [1.807, 2.05) is 6.92 Å². The van der Waals surface area contributed by atoms with Crippen molar-refractivity contribution in [2.45, 2.75) is 58.8 Å². The smallest absolute Gasteiger partial charge is 0.246 e. The molecule has 2 aromatic heterocycles. The number of hydrogen-bond acceptors (Lipinski definition) is 8. The second-order valence-electron chi connectivity index (χ2n) is 7.05. The van der Waals surface area contributed by atoms with Gasteiger partial charge in [-0.05, 0) is 6.92 Å². The molecule has 126 valence electrons. The van der Waals surface area contributed by atoms with Crippen molar-refractivity contribution < 1.29 is 13.7 Å². The average Bonchev–Trinajstić information content (AvgIpc) is 3.06. The average molecular weight is 321 g/mol. The molecule has 2 atom stereocenters. The maximum atomic E-state index is 5.91. The minimum atomic E-state index is -0.228. The molecule has 1 aliphatic heterocycles. The van der Waals surface area contributed by atoms with Gasteiger partial charge in [-0.1, -0.05) is 25.9 Å². The lowest BCUT2D eigenvalue weighted by atomic mass is 9.97. The molecule has 8 nitrogen and oxygen atoms in total. The third-order valence-corrected chi connectivity index (χ3v) is 3.63. The van der Waals surface area contributed by atoms with Gasteiger partial charge in [-0.15, -0.1) is 10.2 Å². The summed E-state index contributed by atoms with van der Waals surface area (Å²) in [6.07, 6.45) is -0.163. The largest absolute Gasteiger partial charge is 0.423 e. The van der Waals surface area contributed by atoms with Gasteiger partial charge in [0.15, 0.2) is 5.82 Å². The van der Waals surface area contributed by atoms with E-state index in [9.17, 15) is 0 Å². The van der Waals surface area contributed by atoms with Gasteiger partial charge in [0.25, 0.3) is 0 Å². The van der Waals surface area contributed by atoms with Crippen LogP contribution in [0.15, 0.2) is 8.94 Å². The quantitative estimate of drug-likeness (QED) is 0.848. The third kappa shape index (κ3) is 3.76. The molecule has 0 unspecified atom stereocenters. The first kappa shape index (κ1) is 16.1. The van der Waals surface area contributed by atoms with E-state index in [0.717, 1.165) is 6.54 Å². The lowest BCUT2D eigenvalue weighted by molar-refractivity contribution is -0.0923. The second kappa shape index (κ2) is 6.01. The van der Waals surface area contributed by atoms with Gasteiger partial charge in [-0.3, -0.25) is 4.90 Å². The molecule has 0 N–H and O–H groups in total. The van der Waals surface area contributed by atoms with Crippen LogP contribution in [0.5, 0.6) is 0 Å². The molecule has 0 saturated carbocycles. The maximum Gasteiger partial charge on any atom is 0.246 e. The Labute approximate surface area is 135 Å². The summed E-state index contributed by atoms with van der Waals surface area (Å²) in [4.78, 5) is 6.71. The van der Waals surface area contributed by atoms with Crippen LogP contribution in [0, 0.1) is 6.92 Å². The Hall–Kier alpha value is -1.80. The van der Waals surface area contributed by atoms with Crippen molar-refractivity contribution >= 4 is 0 Å². The van der Waals surface area contributed by atoms with Crippen molar-refractivity contribution in [3.05, 3.63) is 23.5 Å². The van der Waals surface area contributed by atoms with Gasteiger partial charge in [0.2, 0.25) is 17.7 Å². The molecule has 0 bridgehead atoms. The van der Waals surface area contributed by atoms with E-state index in [2.05, 4.69) is 46.0 Å². The molecule has 3 heterocycles. The number of ether oxygens (including phenoxy) is 1. The SMILES string of the molecule is Cc1nnc([C@H]2CN(Cc3noc(C(C)(C)C)n3)C[C@@H](C)O2)o1. The van der Waals surface area contributed by atoms with Crippen LogP contribution in [-0.4, -0.2) is 44.4 Å². The lowest BCUT2D eigenvalue weighted by Gasteiger charge is -2.34. The Morgan fingerprint density at radius 3 is 2.61 bits per heavy atom. The Balaban J connectivity index is 1.69. The predicted molar refractivity (Wildman–Crippen MR) is 80.6 cm³/mol. The highest BCUT2D eigenvalue weighted by Crippen LogP contribution is 2.25. The number of rotatable bonds is 3. The second-order valence-corrected chi connectivity index (χ2v) is 7.05. The van der Waals surface area contributed by atoms with Gasteiger partial charge < -0.3 is 13.7 Å². The summed E-state index contributed by atoms with van der Waals surface area (Å²) < 4.78 is 16.8. The molecule has 8 heteroatoms. The first-order valence-corrected chi connectivity index (χ1v) is 7.82. The first-order chi connectivity index (χ1) is 10.8. The van der Waals surface area contributed by atoms with Crippen molar-refractivity contribution in [2.75, 3.05) is 13.1 Å². The Bertz CT molecular complexity index is 660. The van der Waals surface area contributed by atoms with Gasteiger partial charge in [0, 0.05) is 25.4 Å². The van der Waals surface area contributed by atoms with Crippen molar-refractivity contribution in [1.82, 2.24) is 25.2 Å². The molecular weight excluding hydrogens is 298 g/mol. The van der Waals surface area contributed by atoms with Gasteiger partial charge in [-0.2, -0.15) is 4.98 Å². The Kier molecular flexibility index (Phi) is 4.20. The summed E-state index contributed by atoms with van der Waals surface area (Å²) >= 11 is 0. The monoisotopic (exact) mass is 321 g/mol. The fraction of sp³-hybridized carbons (Fsp3) is 0.733. The summed E-state index contributed by atoms with van der Waals surface area (Å²) in [5, 5.41) is 12.0. The number of morpholine rings is 1. The van der Waals surface area contributed by atoms with Crippen LogP contribution in [0.3, 0.4) is 0 Å². The van der Waals surface area contributed by atoms with Gasteiger partial charge in [0.05, 0.1) is 12.6 Å². The molecule has 0 aliphatic carbocycles. The fourth-order valence-corrected chi connectivity index (χ4v) is 2.57. The predicted octanol–water partition coefficient (Wildman–Crippen LogP) is 2.02. The highest BCUT2D eigenvalue weighted by molar-refractivity contribution is 4.99. The molecule has 1 saturated heterocycles. The van der Waals surface area contributed by atoms with E-state index in [4.69, 9.17) is 13.7 Å². The van der Waals surface area contributed by atoms with Crippen molar-refractivity contribution in [2.24, 2.45) is 0 Å². The number of nitrogens with zero attached hydrogens (tertiary/aromatic N) is 5. The molecule has 3 rings (SSSR count). The van der Waals surface area contributed by atoms with Crippen molar-refractivity contribution in [3.63, 3.8) is 0 Å². The molecule has 1 fully saturated rings. The molecule has 0 aromatic carbocycles. The van der Waals surface area contributed by atoms with Crippen LogP contribution < -0.4 is 0 Å². The van der Waals surface area contributed by atoms with Gasteiger partial charge >= 0.3 is 0 Å². The standard InChI is InChI=1S/C15H23N5O3/c1-9-6-20(7-11(21-9)13-18-17-10(2)22-13)8-12-16-14(23-19-12)15(3,4)5/h9,11H,6-8H2,1-5H3/t9-,11-/m1/s1. The lowest BCUT2D eigenvalue weighted by Crippen LogP contribution is -2.42. The molecule has 2 aromatic rings. The van der Waals surface area contributed by atoms with Gasteiger partial charge in [-0.25, -0.2) is 0 Å². The molecule has 0 amide bonds. The van der Waals surface area contributed by atoms with Crippen LogP contribution in [-0.2, 0) is 16.7 Å². The van der Waals surface area contributed by atoms with E-state index in [-0.39, 0.29) is 17.6 Å². The maximum absolute atomic E-state index is 5.91. The highest BCUT2D eigenvalue weighted by Gasteiger charge is 2.31. The van der Waals surface area contributed by atoms with E-state index < -0.39 is 0 Å². The van der Waals surface area contributed by atoms with E-state index in [1.165, 1.54) is 0 Å². The molecule has 0 radical (unpaired) electrons. The summed E-state index contributed by atoms with van der Waals surface area (Å²) in [5.74, 6) is 2.39. The number of hydrogen-bond donors (Lipinski definition) is 0. The zero-order chi connectivity index (χ0) is 16.6. The van der Waals surface area contributed by atoms with Gasteiger partial charge in [0.1, 0.15) is 6.10 Å². The van der Waals surface area contributed by atoms with Crippen LogP contribution >= 0.6 is 0 Å². The van der Waals surface area contributed by atoms with Crippen molar-refractivity contribution in [3.8, 4) is 0 Å². The molecule has 0 spiro atoms. The number of aromatic nitrogens is 4. The van der Waals surface area contributed by atoms with E-state index >= 15 is 0 Å². The third-order valence-electron chi connectivity index (χ3n) is 3.63. The summed E-state index contributed by atoms with van der Waals surface area (Å²) in [6.45, 7) is 12.0. The molecule has 1 aliphatic rings. The van der Waals surface area contributed by atoms with E-state index in [0.29, 0.717) is 36.6 Å². The zero-order valence-corrected chi connectivity index (χ0v) is 14.2.